The second kappa shape index (κ2) is 5.96. The molecular weight excluding hydrogens is 222 g/mol. The van der Waals surface area contributed by atoms with Crippen LogP contribution in [0.5, 0.6) is 0 Å². The second-order valence-electron chi connectivity index (χ2n) is 4.36. The molecule has 2 N–H and O–H groups in total. The van der Waals surface area contributed by atoms with Crippen LogP contribution < -0.4 is 10.6 Å². The van der Waals surface area contributed by atoms with Gasteiger partial charge in [-0.3, -0.25) is 9.78 Å². The van der Waals surface area contributed by atoms with E-state index in [2.05, 4.69) is 22.5 Å². The van der Waals surface area contributed by atoms with E-state index < -0.39 is 0 Å². The summed E-state index contributed by atoms with van der Waals surface area (Å²) in [7, 11) is 0. The number of aromatic nitrogens is 1. The van der Waals surface area contributed by atoms with Gasteiger partial charge in [-0.05, 0) is 20.3 Å². The van der Waals surface area contributed by atoms with Crippen molar-refractivity contribution in [1.82, 2.24) is 15.6 Å². The topological polar surface area (TPSA) is 54.0 Å². The summed E-state index contributed by atoms with van der Waals surface area (Å²) in [6.07, 6.45) is 2.74. The Balaban J connectivity index is 2.20. The molecule has 0 saturated heterocycles. The van der Waals surface area contributed by atoms with Crippen molar-refractivity contribution in [3.8, 4) is 0 Å². The van der Waals surface area contributed by atoms with E-state index in [9.17, 15) is 4.79 Å². The first-order valence-electron chi connectivity index (χ1n) is 5.42. The number of amides is 1. The zero-order chi connectivity index (χ0) is 12.0. The summed E-state index contributed by atoms with van der Waals surface area (Å²) >= 11 is 1.59. The first kappa shape index (κ1) is 13.1. The minimum Gasteiger partial charge on any atom is -0.350 e. The molecule has 0 bridgehead atoms. The van der Waals surface area contributed by atoms with Crippen molar-refractivity contribution in [2.75, 3.05) is 6.54 Å². The number of carbonyl (C=O) groups is 1. The number of carbonyl (C=O) groups excluding carboxylic acids is 1. The highest BCUT2D eigenvalue weighted by atomic mass is 32.1. The van der Waals surface area contributed by atoms with Crippen molar-refractivity contribution in [2.24, 2.45) is 0 Å². The largest absolute Gasteiger partial charge is 0.350 e. The minimum atomic E-state index is -0.122. The molecule has 1 aromatic rings. The Labute approximate surface area is 100 Å². The molecule has 16 heavy (non-hydrogen) atoms. The maximum absolute atomic E-state index is 11.6. The van der Waals surface area contributed by atoms with Gasteiger partial charge in [0.15, 0.2) is 0 Å². The Hall–Kier alpha value is -0.940. The maximum Gasteiger partial charge on any atom is 0.234 e. The Kier molecular flexibility index (Phi) is 4.89. The van der Waals surface area contributed by atoms with Gasteiger partial charge in [0, 0.05) is 23.2 Å². The second-order valence-corrected chi connectivity index (χ2v) is 5.33. The van der Waals surface area contributed by atoms with Crippen LogP contribution in [0.15, 0.2) is 11.7 Å². The molecule has 0 atom stereocenters. The van der Waals surface area contributed by atoms with Crippen LogP contribution in [0.4, 0.5) is 0 Å². The van der Waals surface area contributed by atoms with E-state index in [0.29, 0.717) is 13.1 Å². The highest BCUT2D eigenvalue weighted by Gasteiger charge is 2.16. The number of hydrogen-bond donors (Lipinski definition) is 2. The first-order valence-corrected chi connectivity index (χ1v) is 6.30. The lowest BCUT2D eigenvalue weighted by Crippen LogP contribution is -2.46. The van der Waals surface area contributed by atoms with Crippen LogP contribution in [0.2, 0.25) is 0 Å². The van der Waals surface area contributed by atoms with Gasteiger partial charge in [0.25, 0.3) is 0 Å². The molecule has 0 aliphatic rings. The summed E-state index contributed by atoms with van der Waals surface area (Å²) < 4.78 is 0. The number of nitrogens with one attached hydrogen (secondary N) is 2. The van der Waals surface area contributed by atoms with E-state index in [4.69, 9.17) is 0 Å². The molecule has 0 radical (unpaired) electrons. The minimum absolute atomic E-state index is 0.0383. The van der Waals surface area contributed by atoms with Gasteiger partial charge in [0.2, 0.25) is 5.91 Å². The fourth-order valence-corrected chi connectivity index (χ4v) is 1.70. The third-order valence-corrected chi connectivity index (χ3v) is 3.21. The SMILES string of the molecule is CCC(C)(C)NC(=O)CNCc1cncs1. The van der Waals surface area contributed by atoms with Gasteiger partial charge in [-0.25, -0.2) is 0 Å². The smallest absolute Gasteiger partial charge is 0.234 e. The molecule has 4 nitrogen and oxygen atoms in total. The van der Waals surface area contributed by atoms with Crippen LogP contribution in [0.3, 0.4) is 0 Å². The Morgan fingerprint density at radius 3 is 2.88 bits per heavy atom. The van der Waals surface area contributed by atoms with Gasteiger partial charge in [-0.1, -0.05) is 6.92 Å². The van der Waals surface area contributed by atoms with Crippen molar-refractivity contribution in [3.05, 3.63) is 16.6 Å². The maximum atomic E-state index is 11.6. The lowest BCUT2D eigenvalue weighted by Gasteiger charge is -2.24. The van der Waals surface area contributed by atoms with Crippen molar-refractivity contribution in [3.63, 3.8) is 0 Å². The fourth-order valence-electron chi connectivity index (χ4n) is 1.14. The third-order valence-electron chi connectivity index (χ3n) is 2.43. The van der Waals surface area contributed by atoms with Crippen molar-refractivity contribution in [2.45, 2.75) is 39.3 Å². The van der Waals surface area contributed by atoms with Gasteiger partial charge < -0.3 is 10.6 Å². The molecule has 0 fully saturated rings. The van der Waals surface area contributed by atoms with E-state index >= 15 is 0 Å². The van der Waals surface area contributed by atoms with Crippen LogP contribution >= 0.6 is 11.3 Å². The molecule has 0 aliphatic heterocycles. The first-order chi connectivity index (χ1) is 7.53. The average molecular weight is 241 g/mol. The molecular formula is C11H19N3OS. The normalized spacial score (nSPS) is 11.4. The van der Waals surface area contributed by atoms with E-state index in [1.165, 1.54) is 0 Å². The summed E-state index contributed by atoms with van der Waals surface area (Å²) in [6.45, 7) is 7.15. The summed E-state index contributed by atoms with van der Waals surface area (Å²) in [6, 6.07) is 0. The van der Waals surface area contributed by atoms with Crippen molar-refractivity contribution < 1.29 is 4.79 Å². The predicted octanol–water partition coefficient (Wildman–Crippen LogP) is 1.54. The van der Waals surface area contributed by atoms with Crippen molar-refractivity contribution in [1.29, 1.82) is 0 Å². The number of thiazole rings is 1. The van der Waals surface area contributed by atoms with Gasteiger partial charge in [-0.2, -0.15) is 0 Å². The molecule has 0 aliphatic carbocycles. The Bertz CT molecular complexity index is 322. The van der Waals surface area contributed by atoms with Gasteiger partial charge >= 0.3 is 0 Å². The highest BCUT2D eigenvalue weighted by molar-refractivity contribution is 7.09. The lowest BCUT2D eigenvalue weighted by atomic mass is 10.0. The Morgan fingerprint density at radius 1 is 1.56 bits per heavy atom. The molecule has 5 heteroatoms. The monoisotopic (exact) mass is 241 g/mol. The highest BCUT2D eigenvalue weighted by Crippen LogP contribution is 2.06. The zero-order valence-electron chi connectivity index (χ0n) is 10.0. The predicted molar refractivity (Wildman–Crippen MR) is 66.3 cm³/mol. The fraction of sp³-hybridized carbons (Fsp3) is 0.636. The molecule has 0 spiro atoms. The quantitative estimate of drug-likeness (QED) is 0.794. The van der Waals surface area contributed by atoms with E-state index in [1.807, 2.05) is 20.0 Å². The van der Waals surface area contributed by atoms with Crippen molar-refractivity contribution >= 4 is 17.2 Å². The molecule has 1 aromatic heterocycles. The summed E-state index contributed by atoms with van der Waals surface area (Å²) in [5, 5.41) is 6.06. The lowest BCUT2D eigenvalue weighted by molar-refractivity contribution is -0.121. The van der Waals surface area contributed by atoms with Crippen LogP contribution in [0.25, 0.3) is 0 Å². The van der Waals surface area contributed by atoms with Crippen LogP contribution in [-0.4, -0.2) is 23.0 Å². The molecule has 1 heterocycles. The summed E-state index contributed by atoms with van der Waals surface area (Å²) in [4.78, 5) is 16.7. The van der Waals surface area contributed by atoms with E-state index in [-0.39, 0.29) is 11.4 Å². The van der Waals surface area contributed by atoms with Gasteiger partial charge in [-0.15, -0.1) is 11.3 Å². The molecule has 0 unspecified atom stereocenters. The molecule has 0 aromatic carbocycles. The number of hydrogen-bond acceptors (Lipinski definition) is 4. The average Bonchev–Trinajstić information content (AvgIpc) is 2.70. The number of nitrogens with zero attached hydrogens (tertiary/aromatic N) is 1. The van der Waals surface area contributed by atoms with Crippen LogP contribution in [0, 0.1) is 0 Å². The zero-order valence-corrected chi connectivity index (χ0v) is 10.9. The van der Waals surface area contributed by atoms with Crippen LogP contribution in [0.1, 0.15) is 32.1 Å². The summed E-state index contributed by atoms with van der Waals surface area (Å²) in [5.74, 6) is 0.0383. The molecule has 1 rings (SSSR count). The Morgan fingerprint density at radius 2 is 2.31 bits per heavy atom. The van der Waals surface area contributed by atoms with E-state index in [1.54, 1.807) is 16.8 Å². The van der Waals surface area contributed by atoms with Crippen LogP contribution in [-0.2, 0) is 11.3 Å². The van der Waals surface area contributed by atoms with E-state index in [0.717, 1.165) is 11.3 Å². The summed E-state index contributed by atoms with van der Waals surface area (Å²) in [5.41, 5.74) is 1.67. The molecule has 1 amide bonds. The molecule has 0 saturated carbocycles. The van der Waals surface area contributed by atoms with Gasteiger partial charge in [0.1, 0.15) is 0 Å². The number of rotatable bonds is 6. The standard InChI is InChI=1S/C11H19N3OS/c1-4-11(2,3)14-10(15)7-12-5-9-6-13-8-16-9/h6,8,12H,4-5,7H2,1-3H3,(H,14,15). The van der Waals surface area contributed by atoms with Gasteiger partial charge in [0.05, 0.1) is 12.1 Å². The molecule has 90 valence electrons. The third kappa shape index (κ3) is 4.72.